The summed E-state index contributed by atoms with van der Waals surface area (Å²) in [5, 5.41) is 17.9. The molecule has 0 heterocycles. The maximum Gasteiger partial charge on any atom is 0.252 e. The highest BCUT2D eigenvalue weighted by Crippen LogP contribution is 2.27. The molecule has 4 heteroatoms. The molecule has 0 saturated carbocycles. The molecule has 1 amide bonds. The van der Waals surface area contributed by atoms with Crippen molar-refractivity contribution in [3.63, 3.8) is 0 Å². The predicted octanol–water partition coefficient (Wildman–Crippen LogP) is 9.73. The predicted molar refractivity (Wildman–Crippen MR) is 184 cm³/mol. The minimum absolute atomic E-state index is 0.0435. The van der Waals surface area contributed by atoms with Crippen LogP contribution in [0.1, 0.15) is 114 Å². The first-order chi connectivity index (χ1) is 20.1. The molecule has 0 aliphatic carbocycles. The normalized spacial score (nSPS) is 12.1. The van der Waals surface area contributed by atoms with Gasteiger partial charge in [-0.15, -0.1) is 0 Å². The van der Waals surface area contributed by atoms with Gasteiger partial charge in [0.1, 0.15) is 0 Å². The van der Waals surface area contributed by atoms with E-state index < -0.39 is 6.10 Å². The summed E-state index contributed by atoms with van der Waals surface area (Å²) in [6, 6.07) is 23.9. The Kier molecular flexibility index (Phi) is 13.1. The van der Waals surface area contributed by atoms with Crippen LogP contribution in [0.3, 0.4) is 0 Å². The number of fused-ring (bicyclic) bond motifs is 2. The van der Waals surface area contributed by atoms with E-state index in [1.807, 2.05) is 107 Å². The van der Waals surface area contributed by atoms with E-state index in [0.29, 0.717) is 36.7 Å². The molecule has 0 bridgehead atoms. The number of benzene rings is 4. The number of rotatable bonds is 8. The zero-order chi connectivity index (χ0) is 32.4. The number of aliphatic hydroxyl groups is 1. The molecule has 232 valence electrons. The van der Waals surface area contributed by atoms with Crippen LogP contribution < -0.4 is 5.32 Å². The van der Waals surface area contributed by atoms with Crippen molar-refractivity contribution in [1.29, 1.82) is 0 Å². The molecule has 4 rings (SSSR count). The van der Waals surface area contributed by atoms with E-state index in [4.69, 9.17) is 0 Å². The van der Waals surface area contributed by atoms with Gasteiger partial charge in [-0.25, -0.2) is 0 Å². The van der Waals surface area contributed by atoms with Crippen molar-refractivity contribution in [2.75, 3.05) is 0 Å². The van der Waals surface area contributed by atoms with Gasteiger partial charge in [0.15, 0.2) is 5.78 Å². The molecule has 0 fully saturated rings. The highest BCUT2D eigenvalue weighted by atomic mass is 16.3. The van der Waals surface area contributed by atoms with Crippen molar-refractivity contribution in [1.82, 2.24) is 5.32 Å². The quantitative estimate of drug-likeness (QED) is 0.203. The molecule has 0 spiro atoms. The fraction of sp³-hybridized carbons (Fsp3) is 0.436. The molecule has 0 saturated heterocycles. The van der Waals surface area contributed by atoms with Crippen LogP contribution in [-0.4, -0.2) is 28.4 Å². The topological polar surface area (TPSA) is 66.4 Å². The number of ketones is 1. The molecule has 4 aromatic carbocycles. The summed E-state index contributed by atoms with van der Waals surface area (Å²) in [4.78, 5) is 25.7. The van der Waals surface area contributed by atoms with E-state index >= 15 is 0 Å². The highest BCUT2D eigenvalue weighted by molar-refractivity contribution is 6.09. The molecule has 43 heavy (non-hydrogen) atoms. The minimum Gasteiger partial charge on any atom is -0.393 e. The molecule has 2 N–H and O–H groups in total. The van der Waals surface area contributed by atoms with Crippen LogP contribution in [0.4, 0.5) is 0 Å². The van der Waals surface area contributed by atoms with Crippen molar-refractivity contribution < 1.29 is 14.7 Å². The summed E-state index contributed by atoms with van der Waals surface area (Å²) in [6.07, 6.45) is 1.76. The van der Waals surface area contributed by atoms with Crippen LogP contribution in [0, 0.1) is 5.41 Å². The van der Waals surface area contributed by atoms with Gasteiger partial charge in [-0.2, -0.15) is 0 Å². The standard InChI is InChI=1S/C32H35NO3.C5H12.C2H6/c1-21(34)29-24(15-13-22-9-5-7-11-27(22)29)17-19-26(35)20-18-25-16-14-23-10-6-8-12-28(23)30(25)31(36)33-32(2,3)4;1-5(2,3)4;1-2/h5-16,26,35H,17-20H2,1-4H3,(H,33,36);1-4H3;1-2H3. The summed E-state index contributed by atoms with van der Waals surface area (Å²) in [5.74, 6) is -0.0481. The zero-order valence-corrected chi connectivity index (χ0v) is 28.1. The van der Waals surface area contributed by atoms with Gasteiger partial charge in [-0.3, -0.25) is 9.59 Å². The van der Waals surface area contributed by atoms with Gasteiger partial charge in [0, 0.05) is 11.1 Å². The summed E-state index contributed by atoms with van der Waals surface area (Å²) < 4.78 is 0. The second-order valence-corrected chi connectivity index (χ2v) is 13.6. The SMILES string of the molecule is CC.CC(=O)c1c(CCC(O)CCc2ccc3ccccc3c2C(=O)NC(C)(C)C)ccc2ccccc12.CC(C)(C)C. The maximum atomic E-state index is 13.3. The van der Waals surface area contributed by atoms with Gasteiger partial charge >= 0.3 is 0 Å². The number of aliphatic hydroxyl groups excluding tert-OH is 1. The number of aryl methyl sites for hydroxylation is 2. The Hall–Kier alpha value is -3.50. The molecule has 1 atom stereocenters. The smallest absolute Gasteiger partial charge is 0.252 e. The van der Waals surface area contributed by atoms with E-state index in [1.54, 1.807) is 6.92 Å². The Morgan fingerprint density at radius 3 is 1.49 bits per heavy atom. The highest BCUT2D eigenvalue weighted by Gasteiger charge is 2.21. The number of hydrogen-bond donors (Lipinski definition) is 2. The lowest BCUT2D eigenvalue weighted by Gasteiger charge is -2.23. The van der Waals surface area contributed by atoms with Gasteiger partial charge in [0.2, 0.25) is 0 Å². The lowest BCUT2D eigenvalue weighted by Crippen LogP contribution is -2.41. The van der Waals surface area contributed by atoms with Crippen molar-refractivity contribution in [3.05, 3.63) is 95.1 Å². The number of amides is 1. The first-order valence-electron chi connectivity index (χ1n) is 15.7. The van der Waals surface area contributed by atoms with E-state index in [2.05, 4.69) is 33.0 Å². The average Bonchev–Trinajstić information content (AvgIpc) is 2.93. The van der Waals surface area contributed by atoms with E-state index in [1.165, 1.54) is 0 Å². The third kappa shape index (κ3) is 11.3. The molecule has 0 aliphatic heterocycles. The summed E-state index contributed by atoms with van der Waals surface area (Å²) >= 11 is 0. The molecule has 0 aromatic heterocycles. The van der Waals surface area contributed by atoms with Crippen LogP contribution in [0.25, 0.3) is 21.5 Å². The van der Waals surface area contributed by atoms with Crippen molar-refractivity contribution >= 4 is 33.2 Å². The van der Waals surface area contributed by atoms with Gasteiger partial charge in [0.25, 0.3) is 5.91 Å². The Bertz CT molecular complexity index is 1500. The number of nitrogens with one attached hydrogen (secondary N) is 1. The number of hydrogen-bond acceptors (Lipinski definition) is 3. The molecule has 1 unspecified atom stereocenters. The lowest BCUT2D eigenvalue weighted by molar-refractivity contribution is 0.0918. The molecule has 4 nitrogen and oxygen atoms in total. The van der Waals surface area contributed by atoms with Crippen LogP contribution in [0.15, 0.2) is 72.8 Å². The zero-order valence-electron chi connectivity index (χ0n) is 28.1. The van der Waals surface area contributed by atoms with E-state index in [-0.39, 0.29) is 17.2 Å². The third-order valence-corrected chi connectivity index (χ3v) is 6.59. The summed E-state index contributed by atoms with van der Waals surface area (Å²) in [5.41, 5.74) is 3.49. The second-order valence-electron chi connectivity index (χ2n) is 13.6. The molecular formula is C39H53NO3. The van der Waals surface area contributed by atoms with Gasteiger partial charge in [-0.05, 0) is 91.5 Å². The van der Waals surface area contributed by atoms with Crippen LogP contribution in [0.2, 0.25) is 0 Å². The maximum absolute atomic E-state index is 13.3. The Morgan fingerprint density at radius 1 is 0.674 bits per heavy atom. The van der Waals surface area contributed by atoms with Gasteiger partial charge in [-0.1, -0.05) is 114 Å². The monoisotopic (exact) mass is 583 g/mol. The fourth-order valence-electron chi connectivity index (χ4n) is 4.93. The molecule has 4 aromatic rings. The largest absolute Gasteiger partial charge is 0.393 e. The molecular weight excluding hydrogens is 530 g/mol. The number of Topliss-reactive ketones (excluding diaryl/α,β-unsaturated/α-hetero) is 1. The van der Waals surface area contributed by atoms with Gasteiger partial charge < -0.3 is 10.4 Å². The fourth-order valence-corrected chi connectivity index (χ4v) is 4.93. The second kappa shape index (κ2) is 15.8. The van der Waals surface area contributed by atoms with Crippen molar-refractivity contribution in [2.45, 2.75) is 107 Å². The number of carbonyl (C=O) groups is 2. The molecule has 0 radical (unpaired) electrons. The lowest BCUT2D eigenvalue weighted by atomic mass is 9.91. The minimum atomic E-state index is -0.540. The van der Waals surface area contributed by atoms with Crippen molar-refractivity contribution in [2.24, 2.45) is 5.41 Å². The summed E-state index contributed by atoms with van der Waals surface area (Å²) in [6.45, 7) is 20.3. The van der Waals surface area contributed by atoms with Crippen LogP contribution in [-0.2, 0) is 12.8 Å². The van der Waals surface area contributed by atoms with Gasteiger partial charge in [0.05, 0.1) is 11.7 Å². The molecule has 0 aliphatic rings. The van der Waals surface area contributed by atoms with Crippen LogP contribution in [0.5, 0.6) is 0 Å². The van der Waals surface area contributed by atoms with E-state index in [9.17, 15) is 14.7 Å². The first kappa shape index (κ1) is 35.7. The van der Waals surface area contributed by atoms with E-state index in [0.717, 1.165) is 38.2 Å². The first-order valence-corrected chi connectivity index (χ1v) is 15.7. The third-order valence-electron chi connectivity index (χ3n) is 6.59. The van der Waals surface area contributed by atoms with Crippen molar-refractivity contribution in [3.8, 4) is 0 Å². The Balaban J connectivity index is 0.000000836. The van der Waals surface area contributed by atoms with Crippen LogP contribution >= 0.6 is 0 Å². The summed E-state index contributed by atoms with van der Waals surface area (Å²) in [7, 11) is 0. The Morgan fingerprint density at radius 2 is 1.07 bits per heavy atom. The average molecular weight is 584 g/mol. The number of carbonyl (C=O) groups excluding carboxylic acids is 2. The Labute approximate surface area is 259 Å².